The van der Waals surface area contributed by atoms with Crippen LogP contribution in [0.25, 0.3) is 0 Å². The summed E-state index contributed by atoms with van der Waals surface area (Å²) in [7, 11) is 1.21. The molecule has 1 fully saturated rings. The molecule has 110 valence electrons. The molecule has 1 aliphatic carbocycles. The predicted molar refractivity (Wildman–Crippen MR) is 73.7 cm³/mol. The van der Waals surface area contributed by atoms with Crippen molar-refractivity contribution in [3.05, 3.63) is 29.6 Å². The van der Waals surface area contributed by atoms with Gasteiger partial charge in [-0.05, 0) is 43.4 Å². The fourth-order valence-corrected chi connectivity index (χ4v) is 3.21. The van der Waals surface area contributed by atoms with Crippen LogP contribution >= 0.6 is 10.7 Å². The van der Waals surface area contributed by atoms with E-state index >= 15 is 0 Å². The molecule has 1 amide bonds. The van der Waals surface area contributed by atoms with Crippen LogP contribution in [0.2, 0.25) is 0 Å². The first kappa shape index (κ1) is 15.3. The Bertz CT molecular complexity index is 633. The van der Waals surface area contributed by atoms with E-state index in [-0.39, 0.29) is 16.5 Å². The Labute approximate surface area is 121 Å². The molecule has 2 atom stereocenters. The van der Waals surface area contributed by atoms with Crippen molar-refractivity contribution >= 4 is 25.6 Å². The number of hydrogen-bond acceptors (Lipinski definition) is 3. The summed E-state index contributed by atoms with van der Waals surface area (Å²) in [5, 5.41) is 2.73. The van der Waals surface area contributed by atoms with Gasteiger partial charge < -0.3 is 5.32 Å². The molecule has 7 heteroatoms. The second-order valence-electron chi connectivity index (χ2n) is 5.17. The van der Waals surface area contributed by atoms with Gasteiger partial charge in [0.15, 0.2) is 0 Å². The maximum atomic E-state index is 13.7. The van der Waals surface area contributed by atoms with Gasteiger partial charge in [0.2, 0.25) is 0 Å². The highest BCUT2D eigenvalue weighted by Gasteiger charge is 2.25. The summed E-state index contributed by atoms with van der Waals surface area (Å²) in [4.78, 5) is 11.7. The van der Waals surface area contributed by atoms with Gasteiger partial charge in [0, 0.05) is 16.7 Å². The average Bonchev–Trinajstić information content (AvgIpc) is 2.73. The van der Waals surface area contributed by atoms with Crippen LogP contribution in [0.5, 0.6) is 0 Å². The summed E-state index contributed by atoms with van der Waals surface area (Å²) in [6.07, 6.45) is 2.71. The summed E-state index contributed by atoms with van der Waals surface area (Å²) in [6, 6.07) is 2.94. The highest BCUT2D eigenvalue weighted by Crippen LogP contribution is 2.25. The molecular formula is C13H15ClFNO3S. The van der Waals surface area contributed by atoms with E-state index in [0.29, 0.717) is 5.92 Å². The Kier molecular flexibility index (Phi) is 4.34. The Morgan fingerprint density at radius 2 is 2.10 bits per heavy atom. The van der Waals surface area contributed by atoms with Crippen LogP contribution in [0.15, 0.2) is 23.1 Å². The zero-order chi connectivity index (χ0) is 14.9. The molecule has 2 rings (SSSR count). The highest BCUT2D eigenvalue weighted by molar-refractivity contribution is 8.13. The topological polar surface area (TPSA) is 63.2 Å². The van der Waals surface area contributed by atoms with Crippen LogP contribution < -0.4 is 5.32 Å². The van der Waals surface area contributed by atoms with Crippen molar-refractivity contribution in [3.63, 3.8) is 0 Å². The van der Waals surface area contributed by atoms with E-state index in [0.717, 1.165) is 37.5 Å². The zero-order valence-electron chi connectivity index (χ0n) is 10.9. The van der Waals surface area contributed by atoms with Crippen molar-refractivity contribution < 1.29 is 17.6 Å². The summed E-state index contributed by atoms with van der Waals surface area (Å²) in [5.74, 6) is -0.846. The Hall–Kier alpha value is -1.14. The third-order valence-corrected chi connectivity index (χ3v) is 4.85. The molecule has 0 aromatic heterocycles. The second-order valence-corrected chi connectivity index (χ2v) is 7.73. The first-order valence-electron chi connectivity index (χ1n) is 6.32. The summed E-state index contributed by atoms with van der Waals surface area (Å²) >= 11 is 0. The Morgan fingerprint density at radius 3 is 2.65 bits per heavy atom. The molecular weight excluding hydrogens is 305 g/mol. The summed E-state index contributed by atoms with van der Waals surface area (Å²) in [6.45, 7) is 2.09. The van der Waals surface area contributed by atoms with Crippen LogP contribution in [0.3, 0.4) is 0 Å². The molecule has 2 unspecified atom stereocenters. The van der Waals surface area contributed by atoms with Crippen molar-refractivity contribution in [3.8, 4) is 0 Å². The molecule has 0 spiro atoms. The molecule has 0 aliphatic heterocycles. The number of hydrogen-bond donors (Lipinski definition) is 1. The van der Waals surface area contributed by atoms with Gasteiger partial charge in [0.1, 0.15) is 5.82 Å². The van der Waals surface area contributed by atoms with Crippen LogP contribution in [-0.4, -0.2) is 20.4 Å². The van der Waals surface area contributed by atoms with Crippen molar-refractivity contribution in [2.45, 2.75) is 37.1 Å². The second kappa shape index (κ2) is 5.69. The van der Waals surface area contributed by atoms with Crippen molar-refractivity contribution in [2.75, 3.05) is 0 Å². The van der Waals surface area contributed by atoms with Gasteiger partial charge in [-0.1, -0.05) is 6.92 Å². The van der Waals surface area contributed by atoms with Gasteiger partial charge in [-0.15, -0.1) is 0 Å². The lowest BCUT2D eigenvalue weighted by molar-refractivity contribution is 0.0933. The van der Waals surface area contributed by atoms with Gasteiger partial charge >= 0.3 is 0 Å². The molecule has 1 saturated carbocycles. The van der Waals surface area contributed by atoms with Gasteiger partial charge in [-0.2, -0.15) is 0 Å². The monoisotopic (exact) mass is 319 g/mol. The Morgan fingerprint density at radius 1 is 1.40 bits per heavy atom. The molecule has 1 aliphatic rings. The molecule has 4 nitrogen and oxygen atoms in total. The fraction of sp³-hybridized carbons (Fsp3) is 0.462. The fourth-order valence-electron chi connectivity index (χ4n) is 2.43. The molecule has 20 heavy (non-hydrogen) atoms. The van der Waals surface area contributed by atoms with Crippen molar-refractivity contribution in [2.24, 2.45) is 5.92 Å². The van der Waals surface area contributed by atoms with Crippen LogP contribution in [-0.2, 0) is 9.05 Å². The van der Waals surface area contributed by atoms with E-state index < -0.39 is 20.8 Å². The lowest BCUT2D eigenvalue weighted by atomic mass is 10.1. The summed E-state index contributed by atoms with van der Waals surface area (Å²) in [5.41, 5.74) is -0.300. The lowest BCUT2D eigenvalue weighted by Gasteiger charge is -2.13. The normalized spacial score (nSPS) is 22.8. The smallest absolute Gasteiger partial charge is 0.261 e. The first-order valence-corrected chi connectivity index (χ1v) is 8.63. The maximum Gasteiger partial charge on any atom is 0.261 e. The lowest BCUT2D eigenvalue weighted by Crippen LogP contribution is -2.33. The quantitative estimate of drug-likeness (QED) is 0.871. The molecule has 0 saturated heterocycles. The van der Waals surface area contributed by atoms with Crippen LogP contribution in [0.1, 0.15) is 36.5 Å². The standard InChI is InChI=1S/C13H15ClFNO3S/c1-8-2-3-9(6-8)16-13(17)11-7-10(20(14,18)19)4-5-12(11)15/h4-5,7-9H,2-3,6H2,1H3,(H,16,17). The number of carbonyl (C=O) groups is 1. The molecule has 0 radical (unpaired) electrons. The average molecular weight is 320 g/mol. The summed E-state index contributed by atoms with van der Waals surface area (Å²) < 4.78 is 36.1. The van der Waals surface area contributed by atoms with E-state index in [1.165, 1.54) is 0 Å². The molecule has 1 aromatic rings. The van der Waals surface area contributed by atoms with Crippen LogP contribution in [0, 0.1) is 11.7 Å². The molecule has 0 heterocycles. The SMILES string of the molecule is CC1CCC(NC(=O)c2cc(S(=O)(=O)Cl)ccc2F)C1. The van der Waals surface area contributed by atoms with Gasteiger partial charge in [-0.3, -0.25) is 4.79 Å². The Balaban J connectivity index is 2.21. The van der Waals surface area contributed by atoms with E-state index in [2.05, 4.69) is 12.2 Å². The van der Waals surface area contributed by atoms with Gasteiger partial charge in [0.25, 0.3) is 15.0 Å². The van der Waals surface area contributed by atoms with Crippen molar-refractivity contribution in [1.82, 2.24) is 5.32 Å². The minimum Gasteiger partial charge on any atom is -0.349 e. The predicted octanol–water partition coefficient (Wildman–Crippen LogP) is 2.67. The molecule has 1 N–H and O–H groups in total. The maximum absolute atomic E-state index is 13.7. The molecule has 0 bridgehead atoms. The zero-order valence-corrected chi connectivity index (χ0v) is 12.5. The van der Waals surface area contributed by atoms with Crippen molar-refractivity contribution in [1.29, 1.82) is 0 Å². The largest absolute Gasteiger partial charge is 0.349 e. The van der Waals surface area contributed by atoms with E-state index in [1.807, 2.05) is 0 Å². The number of rotatable bonds is 3. The van der Waals surface area contributed by atoms with Gasteiger partial charge in [0.05, 0.1) is 10.5 Å². The van der Waals surface area contributed by atoms with Gasteiger partial charge in [-0.25, -0.2) is 12.8 Å². The minimum atomic E-state index is -3.99. The number of amides is 1. The van der Waals surface area contributed by atoms with E-state index in [4.69, 9.17) is 10.7 Å². The number of nitrogens with one attached hydrogen (secondary N) is 1. The first-order chi connectivity index (χ1) is 9.27. The third kappa shape index (κ3) is 3.49. The molecule has 1 aromatic carbocycles. The third-order valence-electron chi connectivity index (χ3n) is 3.49. The number of carbonyl (C=O) groups excluding carboxylic acids is 1. The number of benzene rings is 1. The number of halogens is 2. The van der Waals surface area contributed by atoms with E-state index in [1.54, 1.807) is 0 Å². The minimum absolute atomic E-state index is 0.00756. The van der Waals surface area contributed by atoms with E-state index in [9.17, 15) is 17.6 Å². The highest BCUT2D eigenvalue weighted by atomic mass is 35.7. The van der Waals surface area contributed by atoms with Crippen LogP contribution in [0.4, 0.5) is 4.39 Å².